The van der Waals surface area contributed by atoms with Crippen molar-refractivity contribution >= 4 is 0 Å². The molecular formula is C29H30N+. The molecule has 0 saturated heterocycles. The molecule has 1 nitrogen and oxygen atoms in total. The molecule has 0 aliphatic heterocycles. The van der Waals surface area contributed by atoms with E-state index in [9.17, 15) is 0 Å². The van der Waals surface area contributed by atoms with Gasteiger partial charge in [0.25, 0.3) is 0 Å². The minimum atomic E-state index is -2.57. The van der Waals surface area contributed by atoms with Gasteiger partial charge in [-0.05, 0) is 84.9 Å². The van der Waals surface area contributed by atoms with Gasteiger partial charge in [-0.2, -0.15) is 0 Å². The molecule has 0 saturated carbocycles. The molecule has 0 N–H and O–H groups in total. The van der Waals surface area contributed by atoms with Crippen molar-refractivity contribution in [2.45, 2.75) is 34.3 Å². The van der Waals surface area contributed by atoms with Crippen LogP contribution in [0, 0.1) is 34.3 Å². The van der Waals surface area contributed by atoms with E-state index in [2.05, 4.69) is 0 Å². The fourth-order valence-electron chi connectivity index (χ4n) is 3.89. The number of benzene rings is 3. The van der Waals surface area contributed by atoms with Crippen LogP contribution in [0.25, 0.3) is 33.5 Å². The summed E-state index contributed by atoms with van der Waals surface area (Å²) >= 11 is 0. The van der Waals surface area contributed by atoms with Gasteiger partial charge in [0.15, 0.2) is 6.20 Å². The van der Waals surface area contributed by atoms with Crippen molar-refractivity contribution in [3.05, 3.63) is 101 Å². The lowest BCUT2D eigenvalue weighted by Gasteiger charge is -2.17. The Kier molecular flexibility index (Phi) is 2.69. The molecular weight excluding hydrogens is 362 g/mol. The van der Waals surface area contributed by atoms with E-state index in [1.54, 1.807) is 67.1 Å². The Morgan fingerprint density at radius 1 is 0.633 bits per heavy atom. The highest BCUT2D eigenvalue weighted by Crippen LogP contribution is 2.36. The molecule has 1 heterocycles. The quantitative estimate of drug-likeness (QED) is 0.322. The molecule has 0 amide bonds. The molecule has 0 unspecified atom stereocenters. The largest absolute Gasteiger partial charge is 0.213 e. The van der Waals surface area contributed by atoms with E-state index >= 15 is 0 Å². The SMILES string of the molecule is [2H]C([2H])([2H])c1ccccc1-c1cc(-c2ccc(C([2H])([2H])[2H])c(-c3ccccc3C([2H])([2H])[2H])c2C)[n+](C)cc1C([2H])([2H])[2H]. The van der Waals surface area contributed by atoms with Gasteiger partial charge in [0.1, 0.15) is 7.05 Å². The van der Waals surface area contributed by atoms with Gasteiger partial charge < -0.3 is 0 Å². The summed E-state index contributed by atoms with van der Waals surface area (Å²) in [7, 11) is 1.65. The van der Waals surface area contributed by atoms with Crippen LogP contribution in [0.4, 0.5) is 0 Å². The lowest BCUT2D eigenvalue weighted by atomic mass is 9.88. The zero-order valence-electron chi connectivity index (χ0n) is 28.9. The Morgan fingerprint density at radius 2 is 1.27 bits per heavy atom. The molecule has 0 radical (unpaired) electrons. The van der Waals surface area contributed by atoms with E-state index in [1.165, 1.54) is 24.4 Å². The van der Waals surface area contributed by atoms with Crippen molar-refractivity contribution in [3.8, 4) is 33.5 Å². The minimum absolute atomic E-state index is 0.00271. The van der Waals surface area contributed by atoms with Crippen molar-refractivity contribution < 1.29 is 21.0 Å². The summed E-state index contributed by atoms with van der Waals surface area (Å²) in [6.45, 7) is -8.45. The smallest absolute Gasteiger partial charge is 0.201 e. The third-order valence-corrected chi connectivity index (χ3v) is 5.43. The highest BCUT2D eigenvalue weighted by Gasteiger charge is 2.20. The third-order valence-electron chi connectivity index (χ3n) is 5.43. The van der Waals surface area contributed by atoms with Crippen molar-refractivity contribution in [3.63, 3.8) is 0 Å². The molecule has 0 bridgehead atoms. The summed E-state index contributed by atoms with van der Waals surface area (Å²) in [4.78, 5) is 0. The van der Waals surface area contributed by atoms with Crippen LogP contribution in [0.3, 0.4) is 0 Å². The van der Waals surface area contributed by atoms with Gasteiger partial charge in [-0.25, -0.2) is 4.57 Å². The Morgan fingerprint density at radius 3 is 1.97 bits per heavy atom. The van der Waals surface area contributed by atoms with Gasteiger partial charge in [-0.1, -0.05) is 54.6 Å². The van der Waals surface area contributed by atoms with Crippen LogP contribution in [0.5, 0.6) is 0 Å². The second-order valence-electron chi connectivity index (χ2n) is 7.35. The number of nitrogens with zero attached hydrogens (tertiary/aromatic N) is 1. The Bertz CT molecular complexity index is 1630. The van der Waals surface area contributed by atoms with Gasteiger partial charge in [0.05, 0.1) is 0 Å². The van der Waals surface area contributed by atoms with Crippen LogP contribution in [-0.4, -0.2) is 0 Å². The number of hydrogen-bond donors (Lipinski definition) is 0. The van der Waals surface area contributed by atoms with Crippen molar-refractivity contribution in [2.75, 3.05) is 0 Å². The summed E-state index contributed by atoms with van der Waals surface area (Å²) in [5, 5.41) is 0. The molecule has 0 fully saturated rings. The highest BCUT2D eigenvalue weighted by molar-refractivity contribution is 5.82. The molecule has 0 spiro atoms. The molecule has 1 heteroatoms. The first-order chi connectivity index (χ1) is 19.2. The maximum absolute atomic E-state index is 8.20. The number of aryl methyl sites for hydroxylation is 5. The lowest BCUT2D eigenvalue weighted by Crippen LogP contribution is -2.31. The predicted molar refractivity (Wildman–Crippen MR) is 128 cm³/mol. The lowest BCUT2D eigenvalue weighted by molar-refractivity contribution is -0.660. The molecule has 3 aromatic carbocycles. The third kappa shape index (κ3) is 3.45. The summed E-state index contributed by atoms with van der Waals surface area (Å²) in [5.41, 5.74) is 2.40. The fourth-order valence-corrected chi connectivity index (χ4v) is 3.89. The average Bonchev–Trinajstić information content (AvgIpc) is 2.86. The van der Waals surface area contributed by atoms with Crippen molar-refractivity contribution in [1.29, 1.82) is 0 Å². The van der Waals surface area contributed by atoms with Gasteiger partial charge in [-0.3, -0.25) is 0 Å². The number of hydrogen-bond acceptors (Lipinski definition) is 0. The van der Waals surface area contributed by atoms with E-state index < -0.39 is 27.4 Å². The van der Waals surface area contributed by atoms with Crippen LogP contribution in [0.2, 0.25) is 0 Å². The van der Waals surface area contributed by atoms with Crippen LogP contribution in [0.15, 0.2) is 72.9 Å². The summed E-state index contributed by atoms with van der Waals surface area (Å²) < 4.78 is 99.2. The van der Waals surface area contributed by atoms with Crippen LogP contribution < -0.4 is 4.57 Å². The van der Waals surface area contributed by atoms with Gasteiger partial charge in [0.2, 0.25) is 5.69 Å². The van der Waals surface area contributed by atoms with Crippen molar-refractivity contribution in [1.82, 2.24) is 0 Å². The minimum Gasteiger partial charge on any atom is -0.201 e. The van der Waals surface area contributed by atoms with Gasteiger partial charge in [-0.15, -0.1) is 0 Å². The van der Waals surface area contributed by atoms with Gasteiger partial charge in [0, 0.05) is 33.6 Å². The van der Waals surface area contributed by atoms with E-state index in [1.807, 2.05) is 0 Å². The molecule has 0 aliphatic rings. The zero-order chi connectivity index (χ0) is 31.4. The normalized spacial score (nSPS) is 18.6. The maximum atomic E-state index is 8.20. The standard InChI is InChI=1S/C29H30N/c1-19-11-7-9-13-24(19)27-17-28(30(6)18-22(27)4)26-16-15-21(3)29(23(26)5)25-14-10-8-12-20(25)2/h7-18H,1-6H3/q+1/i1D3,2D3,3D3,4D3. The van der Waals surface area contributed by atoms with E-state index in [0.717, 1.165) is 0 Å². The first-order valence-corrected chi connectivity index (χ1v) is 9.61. The second kappa shape index (κ2) is 7.91. The first-order valence-electron chi connectivity index (χ1n) is 15.6. The van der Waals surface area contributed by atoms with Crippen LogP contribution >= 0.6 is 0 Å². The van der Waals surface area contributed by atoms with Crippen molar-refractivity contribution in [2.24, 2.45) is 7.05 Å². The number of pyridine rings is 1. The molecule has 4 aromatic rings. The summed E-state index contributed by atoms with van der Waals surface area (Å²) in [6, 6.07) is 17.1. The van der Waals surface area contributed by atoms with Crippen LogP contribution in [0.1, 0.15) is 44.3 Å². The fraction of sp³-hybridized carbons (Fsp3) is 0.207. The van der Waals surface area contributed by atoms with E-state index in [4.69, 9.17) is 16.4 Å². The van der Waals surface area contributed by atoms with E-state index in [-0.39, 0.29) is 44.5 Å². The Hall–Kier alpha value is -3.19. The maximum Gasteiger partial charge on any atom is 0.213 e. The number of rotatable bonds is 3. The molecule has 1 aromatic heterocycles. The second-order valence-corrected chi connectivity index (χ2v) is 7.35. The summed E-state index contributed by atoms with van der Waals surface area (Å²) in [5.74, 6) is 0. The van der Waals surface area contributed by atoms with Crippen LogP contribution in [-0.2, 0) is 7.05 Å². The molecule has 0 atom stereocenters. The summed E-state index contributed by atoms with van der Waals surface area (Å²) in [6.07, 6.45) is 1.43. The highest BCUT2D eigenvalue weighted by atomic mass is 14.9. The molecule has 4 rings (SSSR count). The average molecular weight is 405 g/mol. The van der Waals surface area contributed by atoms with E-state index in [0.29, 0.717) is 16.8 Å². The predicted octanol–water partition coefficient (Wildman–Crippen LogP) is 7.05. The first kappa shape index (κ1) is 10.2. The Labute approximate surface area is 197 Å². The molecule has 0 aliphatic carbocycles. The monoisotopic (exact) mass is 404 g/mol. The zero-order valence-corrected chi connectivity index (χ0v) is 16.9. The molecule has 30 heavy (non-hydrogen) atoms. The number of aromatic nitrogens is 1. The topological polar surface area (TPSA) is 3.88 Å². The van der Waals surface area contributed by atoms with Gasteiger partial charge >= 0.3 is 0 Å². The Balaban J connectivity index is 2.12. The molecule has 150 valence electrons.